The van der Waals surface area contributed by atoms with Crippen LogP contribution in [0, 0.1) is 5.41 Å². The van der Waals surface area contributed by atoms with Crippen molar-refractivity contribution in [2.24, 2.45) is 5.41 Å². The van der Waals surface area contributed by atoms with Gasteiger partial charge in [0.2, 0.25) is 0 Å². The minimum atomic E-state index is 0.0837. The highest BCUT2D eigenvalue weighted by atomic mass is 17.2. The highest BCUT2D eigenvalue weighted by Gasteiger charge is 2.28. The van der Waals surface area contributed by atoms with Gasteiger partial charge < -0.3 is 9.68 Å². The van der Waals surface area contributed by atoms with E-state index in [1.54, 1.807) is 6.92 Å². The van der Waals surface area contributed by atoms with Gasteiger partial charge in [0.25, 0.3) is 0 Å². The van der Waals surface area contributed by atoms with E-state index in [-0.39, 0.29) is 11.2 Å². The molecule has 0 saturated heterocycles. The van der Waals surface area contributed by atoms with E-state index in [1.807, 2.05) is 6.07 Å². The van der Waals surface area contributed by atoms with E-state index in [2.05, 4.69) is 26.0 Å². The quantitative estimate of drug-likeness (QED) is 0.731. The van der Waals surface area contributed by atoms with Crippen LogP contribution in [-0.4, -0.2) is 5.78 Å². The van der Waals surface area contributed by atoms with E-state index in [0.29, 0.717) is 13.0 Å². The number of hydrogen-bond acceptors (Lipinski definition) is 3. The Morgan fingerprint density at radius 3 is 2.68 bits per heavy atom. The molecule has 19 heavy (non-hydrogen) atoms. The highest BCUT2D eigenvalue weighted by molar-refractivity contribution is 5.76. The standard InChI is InChI=1S/C16H22O3/c1-4-16(5-2,9-12(3)17)10-13-6-7-15-14(8-13)11-18-19-15/h6-8H,4-5,9-11H2,1-3H3. The predicted octanol–water partition coefficient (Wildman–Crippen LogP) is 3.84. The lowest BCUT2D eigenvalue weighted by Gasteiger charge is -2.31. The van der Waals surface area contributed by atoms with Gasteiger partial charge >= 0.3 is 0 Å². The Morgan fingerprint density at radius 1 is 1.32 bits per heavy atom. The molecule has 3 heteroatoms. The minimum absolute atomic E-state index is 0.0837. The van der Waals surface area contributed by atoms with Gasteiger partial charge in [0.1, 0.15) is 12.4 Å². The van der Waals surface area contributed by atoms with E-state index >= 15 is 0 Å². The number of benzene rings is 1. The Morgan fingerprint density at radius 2 is 2.05 bits per heavy atom. The van der Waals surface area contributed by atoms with Gasteiger partial charge in [-0.15, -0.1) is 0 Å². The van der Waals surface area contributed by atoms with E-state index in [9.17, 15) is 4.79 Å². The number of fused-ring (bicyclic) bond motifs is 1. The zero-order valence-corrected chi connectivity index (χ0v) is 12.0. The van der Waals surface area contributed by atoms with Gasteiger partial charge in [-0.1, -0.05) is 19.9 Å². The highest BCUT2D eigenvalue weighted by Crippen LogP contribution is 2.36. The second kappa shape index (κ2) is 5.74. The number of Topliss-reactive ketones (excluding diaryl/α,β-unsaturated/α-hetero) is 1. The molecule has 0 aromatic heterocycles. The van der Waals surface area contributed by atoms with Crippen LogP contribution in [0.1, 0.15) is 51.2 Å². The Balaban J connectivity index is 2.19. The molecule has 104 valence electrons. The zero-order chi connectivity index (χ0) is 13.9. The van der Waals surface area contributed by atoms with Crippen molar-refractivity contribution in [2.75, 3.05) is 0 Å². The second-order valence-corrected chi connectivity index (χ2v) is 5.55. The summed E-state index contributed by atoms with van der Waals surface area (Å²) >= 11 is 0. The van der Waals surface area contributed by atoms with E-state index in [1.165, 1.54) is 5.56 Å². The van der Waals surface area contributed by atoms with Crippen LogP contribution < -0.4 is 4.89 Å². The lowest BCUT2D eigenvalue weighted by molar-refractivity contribution is -0.194. The third-order valence-electron chi connectivity index (χ3n) is 4.19. The molecule has 1 aliphatic rings. The Bertz CT molecular complexity index is 461. The smallest absolute Gasteiger partial charge is 0.171 e. The molecule has 0 unspecified atom stereocenters. The monoisotopic (exact) mass is 262 g/mol. The molecular weight excluding hydrogens is 240 g/mol. The topological polar surface area (TPSA) is 35.5 Å². The molecular formula is C16H22O3. The predicted molar refractivity (Wildman–Crippen MR) is 73.9 cm³/mol. The summed E-state index contributed by atoms with van der Waals surface area (Å²) < 4.78 is 0. The first-order chi connectivity index (χ1) is 9.08. The van der Waals surface area contributed by atoms with Crippen molar-refractivity contribution in [1.29, 1.82) is 0 Å². The number of carbonyl (C=O) groups is 1. The molecule has 2 rings (SSSR count). The molecule has 0 atom stereocenters. The molecule has 0 N–H and O–H groups in total. The molecule has 1 aliphatic heterocycles. The summed E-state index contributed by atoms with van der Waals surface area (Å²) in [6.07, 6.45) is 3.64. The van der Waals surface area contributed by atoms with Crippen LogP contribution >= 0.6 is 0 Å². The molecule has 1 aromatic carbocycles. The van der Waals surface area contributed by atoms with E-state index < -0.39 is 0 Å². The molecule has 0 fully saturated rings. The molecule has 1 aromatic rings. The molecule has 1 heterocycles. The summed E-state index contributed by atoms with van der Waals surface area (Å²) in [5, 5.41) is 0. The molecule has 0 radical (unpaired) electrons. The summed E-state index contributed by atoms with van der Waals surface area (Å²) in [6.45, 7) is 6.55. The van der Waals surface area contributed by atoms with Crippen LogP contribution in [0.3, 0.4) is 0 Å². The average molecular weight is 262 g/mol. The van der Waals surface area contributed by atoms with Gasteiger partial charge in [0.15, 0.2) is 5.75 Å². The maximum absolute atomic E-state index is 11.5. The first kappa shape index (κ1) is 14.1. The first-order valence-corrected chi connectivity index (χ1v) is 6.99. The Kier molecular flexibility index (Phi) is 4.25. The number of rotatable bonds is 6. The fourth-order valence-electron chi connectivity index (χ4n) is 2.87. The SMILES string of the molecule is CCC(CC)(CC(C)=O)Cc1ccc2c(c1)COO2. The van der Waals surface area contributed by atoms with Gasteiger partial charge in [-0.25, -0.2) is 0 Å². The van der Waals surface area contributed by atoms with Crippen molar-refractivity contribution < 1.29 is 14.6 Å². The summed E-state index contributed by atoms with van der Waals surface area (Å²) in [5.41, 5.74) is 2.44. The molecule has 0 aliphatic carbocycles. The van der Waals surface area contributed by atoms with Gasteiger partial charge in [-0.3, -0.25) is 0 Å². The average Bonchev–Trinajstić information content (AvgIpc) is 2.84. The summed E-state index contributed by atoms with van der Waals surface area (Å²) in [5.74, 6) is 1.09. The summed E-state index contributed by atoms with van der Waals surface area (Å²) in [7, 11) is 0. The van der Waals surface area contributed by atoms with Crippen molar-refractivity contribution in [3.8, 4) is 5.75 Å². The van der Waals surface area contributed by atoms with E-state index in [0.717, 1.165) is 30.6 Å². The molecule has 0 amide bonds. The van der Waals surface area contributed by atoms with Crippen molar-refractivity contribution in [1.82, 2.24) is 0 Å². The van der Waals surface area contributed by atoms with Crippen LogP contribution in [0.4, 0.5) is 0 Å². The molecule has 0 bridgehead atoms. The zero-order valence-electron chi connectivity index (χ0n) is 12.0. The lowest BCUT2D eigenvalue weighted by Crippen LogP contribution is -2.25. The minimum Gasteiger partial charge on any atom is -0.337 e. The first-order valence-electron chi connectivity index (χ1n) is 6.99. The fraction of sp³-hybridized carbons (Fsp3) is 0.562. The Hall–Kier alpha value is -1.35. The Labute approximate surface area is 114 Å². The number of ketones is 1. The van der Waals surface area contributed by atoms with Crippen molar-refractivity contribution in [3.05, 3.63) is 29.3 Å². The van der Waals surface area contributed by atoms with E-state index in [4.69, 9.17) is 9.78 Å². The molecule has 0 saturated carbocycles. The third-order valence-corrected chi connectivity index (χ3v) is 4.19. The molecule has 0 spiro atoms. The van der Waals surface area contributed by atoms with Crippen LogP contribution in [0.15, 0.2) is 18.2 Å². The van der Waals surface area contributed by atoms with Crippen molar-refractivity contribution in [3.63, 3.8) is 0 Å². The van der Waals surface area contributed by atoms with Crippen LogP contribution in [-0.2, 0) is 22.7 Å². The number of hydrogen-bond donors (Lipinski definition) is 0. The molecule has 3 nitrogen and oxygen atoms in total. The fourth-order valence-corrected chi connectivity index (χ4v) is 2.87. The summed E-state index contributed by atoms with van der Waals surface area (Å²) in [6, 6.07) is 6.18. The number of carbonyl (C=O) groups excluding carboxylic acids is 1. The maximum atomic E-state index is 11.5. The maximum Gasteiger partial charge on any atom is 0.171 e. The lowest BCUT2D eigenvalue weighted by atomic mass is 9.73. The van der Waals surface area contributed by atoms with Crippen molar-refractivity contribution in [2.45, 2.75) is 53.1 Å². The van der Waals surface area contributed by atoms with Gasteiger partial charge in [-0.05, 0) is 49.3 Å². The van der Waals surface area contributed by atoms with Gasteiger partial charge in [-0.2, -0.15) is 4.89 Å². The van der Waals surface area contributed by atoms with Gasteiger partial charge in [0, 0.05) is 12.0 Å². The second-order valence-electron chi connectivity index (χ2n) is 5.55. The van der Waals surface area contributed by atoms with Crippen LogP contribution in [0.25, 0.3) is 0 Å². The van der Waals surface area contributed by atoms with Crippen LogP contribution in [0.2, 0.25) is 0 Å². The van der Waals surface area contributed by atoms with Gasteiger partial charge in [0.05, 0.1) is 0 Å². The summed E-state index contributed by atoms with van der Waals surface area (Å²) in [4.78, 5) is 21.5. The van der Waals surface area contributed by atoms with Crippen LogP contribution in [0.5, 0.6) is 5.75 Å². The normalized spacial score (nSPS) is 14.1. The third kappa shape index (κ3) is 3.16. The largest absolute Gasteiger partial charge is 0.337 e. The van der Waals surface area contributed by atoms with Crippen molar-refractivity contribution >= 4 is 5.78 Å².